The van der Waals surface area contributed by atoms with E-state index in [4.69, 9.17) is 16.3 Å². The highest BCUT2D eigenvalue weighted by molar-refractivity contribution is 7.98. The van der Waals surface area contributed by atoms with Gasteiger partial charge in [-0.1, -0.05) is 11.6 Å². The molecule has 0 unspecified atom stereocenters. The smallest absolute Gasteiger partial charge is 0.361 e. The van der Waals surface area contributed by atoms with E-state index in [0.29, 0.717) is 5.56 Å². The summed E-state index contributed by atoms with van der Waals surface area (Å²) in [4.78, 5) is 12.2. The molecule has 3 rings (SSSR count). The van der Waals surface area contributed by atoms with Gasteiger partial charge in [0.05, 0.1) is 5.69 Å². The topological polar surface area (TPSA) is 44.1 Å². The molecule has 0 atom stereocenters. The van der Waals surface area contributed by atoms with Crippen molar-refractivity contribution in [2.24, 2.45) is 0 Å². The van der Waals surface area contributed by atoms with Crippen LogP contribution in [0.5, 0.6) is 0 Å². The number of benzene rings is 2. The summed E-state index contributed by atoms with van der Waals surface area (Å²) in [6, 6.07) is 7.94. The van der Waals surface area contributed by atoms with Crippen molar-refractivity contribution >= 4 is 29.3 Å². The molecule has 0 spiro atoms. The summed E-state index contributed by atoms with van der Waals surface area (Å²) in [5.41, 5.74) is -0.0346. The van der Waals surface area contributed by atoms with Crippen LogP contribution in [-0.4, -0.2) is 27.9 Å². The molecule has 27 heavy (non-hydrogen) atoms. The third kappa shape index (κ3) is 3.96. The van der Waals surface area contributed by atoms with Gasteiger partial charge in [-0.25, -0.2) is 22.6 Å². The van der Waals surface area contributed by atoms with E-state index in [1.54, 1.807) is 6.26 Å². The molecule has 9 heteroatoms. The van der Waals surface area contributed by atoms with Gasteiger partial charge in [0, 0.05) is 11.6 Å². The molecule has 0 amide bonds. The van der Waals surface area contributed by atoms with Crippen LogP contribution in [0.3, 0.4) is 0 Å². The fourth-order valence-corrected chi connectivity index (χ4v) is 2.92. The van der Waals surface area contributed by atoms with Crippen LogP contribution < -0.4 is 0 Å². The SMILES string of the molecule is CSCOC(=O)c1nn(-c2cc(F)ccc2F)c(-c2ccc(F)cc2)c1Cl. The highest BCUT2D eigenvalue weighted by Crippen LogP contribution is 2.34. The molecule has 4 nitrogen and oxygen atoms in total. The Hall–Kier alpha value is -2.45. The van der Waals surface area contributed by atoms with Gasteiger partial charge in [0.15, 0.2) is 5.69 Å². The van der Waals surface area contributed by atoms with E-state index in [2.05, 4.69) is 5.10 Å². The molecule has 3 aromatic rings. The molecule has 0 aliphatic carbocycles. The number of carbonyl (C=O) groups excluding carboxylic acids is 1. The summed E-state index contributed by atoms with van der Waals surface area (Å²) in [7, 11) is 0. The van der Waals surface area contributed by atoms with Crippen molar-refractivity contribution in [3.8, 4) is 16.9 Å². The monoisotopic (exact) mass is 412 g/mol. The van der Waals surface area contributed by atoms with E-state index in [0.717, 1.165) is 22.9 Å². The largest absolute Gasteiger partial charge is 0.450 e. The number of thioether (sulfide) groups is 1. The van der Waals surface area contributed by atoms with Crippen molar-refractivity contribution in [3.05, 3.63) is 70.6 Å². The number of esters is 1. The summed E-state index contributed by atoms with van der Waals surface area (Å²) in [5.74, 6) is -2.70. The van der Waals surface area contributed by atoms with Gasteiger partial charge in [-0.15, -0.1) is 11.8 Å². The standard InChI is InChI=1S/C18H12ClF3N2O2S/c1-27-9-26-18(25)16-15(19)17(10-2-4-11(20)5-3-10)24(23-16)14-8-12(21)6-7-13(14)22/h2-8H,9H2,1H3. The molecular weight excluding hydrogens is 401 g/mol. The maximum absolute atomic E-state index is 14.3. The third-order valence-corrected chi connectivity index (χ3v) is 4.29. The van der Waals surface area contributed by atoms with Crippen LogP contribution in [0.15, 0.2) is 42.5 Å². The quantitative estimate of drug-likeness (QED) is 0.432. The summed E-state index contributed by atoms with van der Waals surface area (Å²) in [5, 5.41) is 3.92. The van der Waals surface area contributed by atoms with Gasteiger partial charge in [0.1, 0.15) is 34.1 Å². The van der Waals surface area contributed by atoms with Gasteiger partial charge < -0.3 is 4.74 Å². The number of halogens is 4. The second kappa shape index (κ2) is 8.06. The molecule has 1 heterocycles. The first-order valence-electron chi connectivity index (χ1n) is 7.58. The van der Waals surface area contributed by atoms with Gasteiger partial charge in [-0.3, -0.25) is 0 Å². The molecule has 0 bridgehead atoms. The number of aromatic nitrogens is 2. The summed E-state index contributed by atoms with van der Waals surface area (Å²) < 4.78 is 47.3. The second-order valence-electron chi connectivity index (χ2n) is 5.36. The van der Waals surface area contributed by atoms with Crippen molar-refractivity contribution in [3.63, 3.8) is 0 Å². The minimum absolute atomic E-state index is 0.0717. The molecule has 1 aromatic heterocycles. The Balaban J connectivity index is 2.22. The van der Waals surface area contributed by atoms with Crippen LogP contribution in [0.2, 0.25) is 5.02 Å². The van der Waals surface area contributed by atoms with Crippen molar-refractivity contribution in [2.75, 3.05) is 12.2 Å². The predicted molar refractivity (Wildman–Crippen MR) is 97.7 cm³/mol. The number of hydrogen-bond donors (Lipinski definition) is 0. The van der Waals surface area contributed by atoms with Crippen LogP contribution in [-0.2, 0) is 4.74 Å². The van der Waals surface area contributed by atoms with E-state index in [1.807, 2.05) is 0 Å². The van der Waals surface area contributed by atoms with Gasteiger partial charge in [0.2, 0.25) is 0 Å². The number of hydrogen-bond acceptors (Lipinski definition) is 4. The normalized spacial score (nSPS) is 10.9. The fraction of sp³-hybridized carbons (Fsp3) is 0.111. The lowest BCUT2D eigenvalue weighted by atomic mass is 10.1. The number of nitrogens with zero attached hydrogens (tertiary/aromatic N) is 2. The molecular formula is C18H12ClF3N2O2S. The van der Waals surface area contributed by atoms with Gasteiger partial charge in [-0.2, -0.15) is 5.10 Å². The molecule has 140 valence electrons. The Morgan fingerprint density at radius 2 is 1.81 bits per heavy atom. The van der Waals surface area contributed by atoms with Crippen LogP contribution in [0.25, 0.3) is 16.9 Å². The second-order valence-corrected chi connectivity index (χ2v) is 6.55. The van der Waals surface area contributed by atoms with E-state index in [1.165, 1.54) is 36.0 Å². The lowest BCUT2D eigenvalue weighted by molar-refractivity contribution is 0.0572. The summed E-state index contributed by atoms with van der Waals surface area (Å²) >= 11 is 7.59. The van der Waals surface area contributed by atoms with Crippen LogP contribution in [0.1, 0.15) is 10.5 Å². The Labute approximate surface area is 161 Å². The molecule has 0 saturated carbocycles. The zero-order valence-corrected chi connectivity index (χ0v) is 15.5. The first kappa shape index (κ1) is 19.3. The third-order valence-electron chi connectivity index (χ3n) is 3.58. The van der Waals surface area contributed by atoms with Crippen LogP contribution in [0.4, 0.5) is 13.2 Å². The fourth-order valence-electron chi connectivity index (χ4n) is 2.39. The Bertz CT molecular complexity index is 993. The molecule has 2 aromatic carbocycles. The Morgan fingerprint density at radius 3 is 2.48 bits per heavy atom. The maximum Gasteiger partial charge on any atom is 0.361 e. The summed E-state index contributed by atoms with van der Waals surface area (Å²) in [6.07, 6.45) is 1.74. The molecule has 0 saturated heterocycles. The highest BCUT2D eigenvalue weighted by atomic mass is 35.5. The number of ether oxygens (including phenoxy) is 1. The minimum Gasteiger partial charge on any atom is -0.450 e. The minimum atomic E-state index is -0.812. The average molecular weight is 413 g/mol. The van der Waals surface area contributed by atoms with Gasteiger partial charge in [0.25, 0.3) is 0 Å². The molecule has 0 N–H and O–H groups in total. The molecule has 0 radical (unpaired) electrons. The van der Waals surface area contributed by atoms with Crippen LogP contribution >= 0.6 is 23.4 Å². The lowest BCUT2D eigenvalue weighted by Crippen LogP contribution is -2.08. The number of carbonyl (C=O) groups is 1. The first-order valence-corrected chi connectivity index (χ1v) is 9.35. The number of rotatable bonds is 5. The zero-order valence-electron chi connectivity index (χ0n) is 13.9. The average Bonchev–Trinajstić information content (AvgIpc) is 2.99. The predicted octanol–water partition coefficient (Wildman–Crippen LogP) is 5.09. The van der Waals surface area contributed by atoms with E-state index < -0.39 is 23.4 Å². The Morgan fingerprint density at radius 1 is 1.15 bits per heavy atom. The summed E-state index contributed by atoms with van der Waals surface area (Å²) in [6.45, 7) is 0. The molecule has 0 aliphatic rings. The lowest BCUT2D eigenvalue weighted by Gasteiger charge is -2.09. The molecule has 0 aliphatic heterocycles. The van der Waals surface area contributed by atoms with Crippen molar-refractivity contribution in [1.29, 1.82) is 0 Å². The Kier molecular flexibility index (Phi) is 5.76. The van der Waals surface area contributed by atoms with Gasteiger partial charge in [-0.05, 0) is 42.7 Å². The molecule has 0 fully saturated rings. The van der Waals surface area contributed by atoms with E-state index >= 15 is 0 Å². The van der Waals surface area contributed by atoms with Crippen molar-refractivity contribution in [1.82, 2.24) is 9.78 Å². The maximum atomic E-state index is 14.3. The highest BCUT2D eigenvalue weighted by Gasteiger charge is 2.26. The zero-order chi connectivity index (χ0) is 19.6. The van der Waals surface area contributed by atoms with Crippen molar-refractivity contribution in [2.45, 2.75) is 0 Å². The van der Waals surface area contributed by atoms with Crippen LogP contribution in [0, 0.1) is 17.5 Å². The van der Waals surface area contributed by atoms with Crippen molar-refractivity contribution < 1.29 is 22.7 Å². The van der Waals surface area contributed by atoms with E-state index in [9.17, 15) is 18.0 Å². The van der Waals surface area contributed by atoms with Gasteiger partial charge >= 0.3 is 5.97 Å². The van der Waals surface area contributed by atoms with E-state index in [-0.39, 0.29) is 28.0 Å². The first-order chi connectivity index (χ1) is 12.9.